The quantitative estimate of drug-likeness (QED) is 0.825. The SMILES string of the molecule is O=C1[C@@H]2CC[C@@H](CN(C3CSCCSC3)C2)N1Cc1ccccc1. The molecule has 1 amide bonds. The molecule has 4 saturated heterocycles. The third-order valence-corrected chi connectivity index (χ3v) is 8.01. The first-order valence-corrected chi connectivity index (χ1v) is 11.4. The van der Waals surface area contributed by atoms with Crippen molar-refractivity contribution >= 4 is 29.4 Å². The average molecular weight is 363 g/mol. The van der Waals surface area contributed by atoms with E-state index in [0.29, 0.717) is 18.0 Å². The molecule has 4 fully saturated rings. The van der Waals surface area contributed by atoms with Crippen LogP contribution in [0.5, 0.6) is 0 Å². The van der Waals surface area contributed by atoms with Crippen molar-refractivity contribution in [1.29, 1.82) is 0 Å². The fraction of sp³-hybridized carbons (Fsp3) is 0.632. The maximum absolute atomic E-state index is 13.0. The zero-order chi connectivity index (χ0) is 16.4. The lowest BCUT2D eigenvalue weighted by atomic mass is 9.93. The molecule has 4 heterocycles. The Morgan fingerprint density at radius 3 is 2.46 bits per heavy atom. The van der Waals surface area contributed by atoms with Crippen LogP contribution in [0.15, 0.2) is 30.3 Å². The van der Waals surface area contributed by atoms with Crippen molar-refractivity contribution in [3.63, 3.8) is 0 Å². The minimum atomic E-state index is 0.214. The predicted molar refractivity (Wildman–Crippen MR) is 104 cm³/mol. The molecule has 0 spiro atoms. The van der Waals surface area contributed by atoms with Crippen molar-refractivity contribution in [3.8, 4) is 0 Å². The van der Waals surface area contributed by atoms with Gasteiger partial charge in [0.1, 0.15) is 0 Å². The molecule has 1 aromatic carbocycles. The maximum atomic E-state index is 13.0. The number of nitrogens with zero attached hydrogens (tertiary/aromatic N) is 2. The van der Waals surface area contributed by atoms with Crippen LogP contribution in [0.2, 0.25) is 0 Å². The van der Waals surface area contributed by atoms with Gasteiger partial charge in [-0.1, -0.05) is 30.3 Å². The van der Waals surface area contributed by atoms with E-state index in [0.717, 1.165) is 26.1 Å². The zero-order valence-corrected chi connectivity index (χ0v) is 15.7. The fourth-order valence-corrected chi connectivity index (χ4v) is 6.80. The average Bonchev–Trinajstić information content (AvgIpc) is 3.04. The first-order chi connectivity index (χ1) is 11.8. The normalized spacial score (nSPS) is 29.5. The molecular formula is C19H26N2OS2. The molecule has 5 rings (SSSR count). The molecule has 2 bridgehead atoms. The minimum Gasteiger partial charge on any atom is -0.334 e. The lowest BCUT2D eigenvalue weighted by Gasteiger charge is -2.36. The molecule has 0 saturated carbocycles. The van der Waals surface area contributed by atoms with Gasteiger partial charge in [0.05, 0.1) is 5.92 Å². The number of rotatable bonds is 3. The van der Waals surface area contributed by atoms with Crippen molar-refractivity contribution in [3.05, 3.63) is 35.9 Å². The molecule has 4 aliphatic heterocycles. The second kappa shape index (κ2) is 7.71. The van der Waals surface area contributed by atoms with Crippen molar-refractivity contribution in [2.45, 2.75) is 31.5 Å². The molecule has 0 unspecified atom stereocenters. The van der Waals surface area contributed by atoms with E-state index in [1.54, 1.807) is 0 Å². The summed E-state index contributed by atoms with van der Waals surface area (Å²) in [4.78, 5) is 17.8. The second-order valence-electron chi connectivity index (χ2n) is 7.14. The summed E-state index contributed by atoms with van der Waals surface area (Å²) in [6, 6.07) is 11.5. The zero-order valence-electron chi connectivity index (χ0n) is 14.1. The van der Waals surface area contributed by atoms with Crippen LogP contribution in [0.3, 0.4) is 0 Å². The molecule has 1 aromatic rings. The molecule has 0 N–H and O–H groups in total. The molecule has 0 aliphatic carbocycles. The smallest absolute Gasteiger partial charge is 0.227 e. The number of thioether (sulfide) groups is 2. The molecule has 24 heavy (non-hydrogen) atoms. The van der Waals surface area contributed by atoms with Crippen LogP contribution >= 0.6 is 23.5 Å². The summed E-state index contributed by atoms with van der Waals surface area (Å²) < 4.78 is 0. The fourth-order valence-electron chi connectivity index (χ4n) is 4.18. The van der Waals surface area contributed by atoms with Crippen molar-refractivity contribution < 1.29 is 4.79 Å². The number of benzene rings is 1. The van der Waals surface area contributed by atoms with E-state index in [9.17, 15) is 4.79 Å². The van der Waals surface area contributed by atoms with Gasteiger partial charge in [0.2, 0.25) is 5.91 Å². The van der Waals surface area contributed by atoms with Crippen molar-refractivity contribution in [1.82, 2.24) is 9.80 Å². The van der Waals surface area contributed by atoms with Crippen molar-refractivity contribution in [2.75, 3.05) is 36.1 Å². The summed E-state index contributed by atoms with van der Waals surface area (Å²) in [6.45, 7) is 2.83. The van der Waals surface area contributed by atoms with E-state index in [-0.39, 0.29) is 5.92 Å². The molecule has 0 radical (unpaired) electrons. The van der Waals surface area contributed by atoms with Gasteiger partial charge in [-0.2, -0.15) is 23.5 Å². The number of hydrogen-bond donors (Lipinski definition) is 0. The number of hydrogen-bond acceptors (Lipinski definition) is 4. The Hall–Kier alpha value is -0.650. The Balaban J connectivity index is 1.50. The highest BCUT2D eigenvalue weighted by atomic mass is 32.2. The first kappa shape index (κ1) is 16.8. The van der Waals surface area contributed by atoms with E-state index in [2.05, 4.69) is 57.6 Å². The Morgan fingerprint density at radius 2 is 1.71 bits per heavy atom. The minimum absolute atomic E-state index is 0.214. The Labute approximate surface area is 153 Å². The molecule has 5 heteroatoms. The van der Waals surface area contributed by atoms with E-state index >= 15 is 0 Å². The van der Waals surface area contributed by atoms with E-state index in [1.807, 2.05) is 6.07 Å². The Bertz CT molecular complexity index is 560. The van der Waals surface area contributed by atoms with Gasteiger partial charge < -0.3 is 4.90 Å². The molecule has 4 aliphatic rings. The largest absolute Gasteiger partial charge is 0.334 e. The van der Waals surface area contributed by atoms with E-state index in [1.165, 1.54) is 35.0 Å². The summed E-state index contributed by atoms with van der Waals surface area (Å²) in [6.07, 6.45) is 2.26. The van der Waals surface area contributed by atoms with E-state index in [4.69, 9.17) is 0 Å². The van der Waals surface area contributed by atoms with Gasteiger partial charge in [-0.3, -0.25) is 9.69 Å². The van der Waals surface area contributed by atoms with Crippen LogP contribution in [-0.4, -0.2) is 63.9 Å². The predicted octanol–water partition coefficient (Wildman–Crippen LogP) is 2.96. The number of piperidine rings is 1. The summed E-state index contributed by atoms with van der Waals surface area (Å²) in [7, 11) is 0. The summed E-state index contributed by atoms with van der Waals surface area (Å²) >= 11 is 4.18. The lowest BCUT2D eigenvalue weighted by Crippen LogP contribution is -2.48. The van der Waals surface area contributed by atoms with Crippen LogP contribution in [0.25, 0.3) is 0 Å². The van der Waals surface area contributed by atoms with Crippen LogP contribution in [-0.2, 0) is 11.3 Å². The topological polar surface area (TPSA) is 23.6 Å². The summed E-state index contributed by atoms with van der Waals surface area (Å²) in [5.74, 6) is 5.64. The van der Waals surface area contributed by atoms with Gasteiger partial charge >= 0.3 is 0 Å². The maximum Gasteiger partial charge on any atom is 0.227 e. The number of carbonyl (C=O) groups excluding carboxylic acids is 1. The highest BCUT2D eigenvalue weighted by Gasteiger charge is 2.42. The van der Waals surface area contributed by atoms with Gasteiger partial charge in [-0.25, -0.2) is 0 Å². The molecule has 0 aromatic heterocycles. The van der Waals surface area contributed by atoms with Crippen LogP contribution in [0.1, 0.15) is 18.4 Å². The number of carbonyl (C=O) groups is 1. The second-order valence-corrected chi connectivity index (χ2v) is 9.44. The number of amides is 1. The Morgan fingerprint density at radius 1 is 0.958 bits per heavy atom. The van der Waals surface area contributed by atoms with Crippen molar-refractivity contribution in [2.24, 2.45) is 5.92 Å². The third-order valence-electron chi connectivity index (χ3n) is 5.53. The number of fused-ring (bicyclic) bond motifs is 4. The van der Waals surface area contributed by atoms with E-state index < -0.39 is 0 Å². The summed E-state index contributed by atoms with van der Waals surface area (Å²) in [5, 5.41) is 0. The van der Waals surface area contributed by atoms with Gasteiger partial charge in [0.15, 0.2) is 0 Å². The van der Waals surface area contributed by atoms with Gasteiger partial charge in [-0.05, 0) is 18.4 Å². The van der Waals surface area contributed by atoms with Gasteiger partial charge in [0.25, 0.3) is 0 Å². The third kappa shape index (κ3) is 3.63. The highest BCUT2D eigenvalue weighted by molar-refractivity contribution is 8.03. The molecule has 3 nitrogen and oxygen atoms in total. The molecular weight excluding hydrogens is 336 g/mol. The summed E-state index contributed by atoms with van der Waals surface area (Å²) in [5.41, 5.74) is 1.26. The molecule has 2 atom stereocenters. The molecule has 130 valence electrons. The lowest BCUT2D eigenvalue weighted by molar-refractivity contribution is -0.140. The highest BCUT2D eigenvalue weighted by Crippen LogP contribution is 2.33. The van der Waals surface area contributed by atoms with Gasteiger partial charge in [-0.15, -0.1) is 0 Å². The van der Waals surface area contributed by atoms with Crippen LogP contribution in [0.4, 0.5) is 0 Å². The first-order valence-electron chi connectivity index (χ1n) is 9.05. The Kier molecular flexibility index (Phi) is 5.40. The van der Waals surface area contributed by atoms with Gasteiger partial charge in [0, 0.05) is 54.7 Å². The van der Waals surface area contributed by atoms with Crippen LogP contribution in [0, 0.1) is 5.92 Å². The monoisotopic (exact) mass is 362 g/mol. The standard InChI is InChI=1S/C19H26N2OS2/c22-19-16-6-7-17(21(19)10-15-4-2-1-3-5-15)12-20(11-16)18-13-23-8-9-24-14-18/h1-5,16-18H,6-14H2/t16-,17+/m1/s1. The van der Waals surface area contributed by atoms with Crippen LogP contribution < -0.4 is 0 Å².